The van der Waals surface area contributed by atoms with Crippen molar-refractivity contribution in [3.05, 3.63) is 64.7 Å². The highest BCUT2D eigenvalue weighted by atomic mass is 16.2. The topological polar surface area (TPSA) is 61.4 Å². The molecule has 5 heteroatoms. The first-order chi connectivity index (χ1) is 14.4. The minimum Gasteiger partial charge on any atom is -0.356 e. The van der Waals surface area contributed by atoms with Gasteiger partial charge in [-0.3, -0.25) is 4.79 Å². The Morgan fingerprint density at radius 1 is 0.967 bits per heavy atom. The zero-order valence-electron chi connectivity index (χ0n) is 18.3. The van der Waals surface area contributed by atoms with Gasteiger partial charge in [0.1, 0.15) is 0 Å². The average molecular weight is 408 g/mol. The summed E-state index contributed by atoms with van der Waals surface area (Å²) in [5.74, 6) is 0.626. The van der Waals surface area contributed by atoms with E-state index in [0.717, 1.165) is 44.5 Å². The van der Waals surface area contributed by atoms with Crippen LogP contribution in [0.5, 0.6) is 0 Å². The maximum Gasteiger partial charge on any atom is 0.321 e. The van der Waals surface area contributed by atoms with E-state index in [9.17, 15) is 9.59 Å². The Labute approximate surface area is 179 Å². The van der Waals surface area contributed by atoms with Gasteiger partial charge in [0.25, 0.3) is 0 Å². The van der Waals surface area contributed by atoms with Crippen LogP contribution in [0, 0.1) is 19.8 Å². The van der Waals surface area contributed by atoms with Gasteiger partial charge in [-0.2, -0.15) is 0 Å². The number of nitrogens with one attached hydrogen (secondary N) is 2. The number of nitrogens with zero attached hydrogens (tertiary/aromatic N) is 1. The van der Waals surface area contributed by atoms with Crippen LogP contribution in [-0.4, -0.2) is 36.5 Å². The summed E-state index contributed by atoms with van der Waals surface area (Å²) in [6, 6.07) is 14.7. The van der Waals surface area contributed by atoms with Crippen LogP contribution in [-0.2, 0) is 17.6 Å². The average Bonchev–Trinajstić information content (AvgIpc) is 2.72. The molecule has 0 unspecified atom stereocenters. The SMILES string of the molecule is CC(=O)NCCc1ccc(CC2CCN(C(=O)Nc3ccc(C)c(C)c3)CC2)cc1. The molecule has 1 aliphatic heterocycles. The monoisotopic (exact) mass is 407 g/mol. The van der Waals surface area contributed by atoms with Gasteiger partial charge in [-0.05, 0) is 79.8 Å². The number of hydrogen-bond acceptors (Lipinski definition) is 2. The molecule has 0 bridgehead atoms. The zero-order chi connectivity index (χ0) is 21.5. The summed E-state index contributed by atoms with van der Waals surface area (Å²) >= 11 is 0. The molecule has 0 atom stereocenters. The number of carbonyl (C=O) groups is 2. The molecule has 5 nitrogen and oxygen atoms in total. The second-order valence-electron chi connectivity index (χ2n) is 8.41. The molecule has 3 amide bonds. The van der Waals surface area contributed by atoms with Crippen LogP contribution in [0.1, 0.15) is 42.0 Å². The number of carbonyl (C=O) groups excluding carboxylic acids is 2. The molecule has 2 aromatic rings. The van der Waals surface area contributed by atoms with Crippen molar-refractivity contribution in [1.82, 2.24) is 10.2 Å². The smallest absolute Gasteiger partial charge is 0.321 e. The normalized spacial score (nSPS) is 14.4. The van der Waals surface area contributed by atoms with E-state index in [0.29, 0.717) is 12.5 Å². The number of anilines is 1. The van der Waals surface area contributed by atoms with Crippen molar-refractivity contribution in [3.8, 4) is 0 Å². The Bertz CT molecular complexity index is 868. The molecule has 1 fully saturated rings. The Morgan fingerprint density at radius 3 is 2.27 bits per heavy atom. The van der Waals surface area contributed by atoms with Gasteiger partial charge in [0.05, 0.1) is 0 Å². The van der Waals surface area contributed by atoms with E-state index in [4.69, 9.17) is 0 Å². The molecule has 1 saturated heterocycles. The number of hydrogen-bond donors (Lipinski definition) is 2. The van der Waals surface area contributed by atoms with Crippen LogP contribution in [0.15, 0.2) is 42.5 Å². The Kier molecular flexibility index (Phi) is 7.50. The first-order valence-corrected chi connectivity index (χ1v) is 10.9. The van der Waals surface area contributed by atoms with Crippen molar-refractivity contribution in [2.24, 2.45) is 5.92 Å². The number of rotatable bonds is 6. The van der Waals surface area contributed by atoms with Crippen molar-refractivity contribution in [2.75, 3.05) is 25.0 Å². The van der Waals surface area contributed by atoms with E-state index in [2.05, 4.69) is 48.7 Å². The Hall–Kier alpha value is -2.82. The minimum absolute atomic E-state index is 0.000210. The molecule has 1 aliphatic rings. The molecular weight excluding hydrogens is 374 g/mol. The molecule has 0 radical (unpaired) electrons. The number of aryl methyl sites for hydroxylation is 2. The third-order valence-corrected chi connectivity index (χ3v) is 5.99. The third kappa shape index (κ3) is 6.34. The van der Waals surface area contributed by atoms with Crippen LogP contribution >= 0.6 is 0 Å². The summed E-state index contributed by atoms with van der Waals surface area (Å²) in [5, 5.41) is 5.87. The molecular formula is C25H33N3O2. The number of likely N-dealkylation sites (tertiary alicyclic amines) is 1. The summed E-state index contributed by atoms with van der Waals surface area (Å²) in [6.07, 6.45) is 3.97. The van der Waals surface area contributed by atoms with Gasteiger partial charge >= 0.3 is 6.03 Å². The van der Waals surface area contributed by atoms with Gasteiger partial charge in [-0.25, -0.2) is 4.79 Å². The van der Waals surface area contributed by atoms with Gasteiger partial charge in [-0.15, -0.1) is 0 Å². The Morgan fingerprint density at radius 2 is 1.63 bits per heavy atom. The molecule has 0 spiro atoms. The van der Waals surface area contributed by atoms with Crippen molar-refractivity contribution in [2.45, 2.75) is 46.5 Å². The molecule has 0 saturated carbocycles. The highest BCUT2D eigenvalue weighted by Crippen LogP contribution is 2.23. The van der Waals surface area contributed by atoms with Crippen molar-refractivity contribution in [1.29, 1.82) is 0 Å². The van der Waals surface area contributed by atoms with Gasteiger partial charge in [-0.1, -0.05) is 30.3 Å². The number of urea groups is 1. The zero-order valence-corrected chi connectivity index (χ0v) is 18.3. The Balaban J connectivity index is 1.43. The maximum atomic E-state index is 12.6. The summed E-state index contributed by atoms with van der Waals surface area (Å²) in [7, 11) is 0. The van der Waals surface area contributed by atoms with E-state index >= 15 is 0 Å². The largest absolute Gasteiger partial charge is 0.356 e. The van der Waals surface area contributed by atoms with Crippen molar-refractivity contribution < 1.29 is 9.59 Å². The lowest BCUT2D eigenvalue weighted by atomic mass is 9.90. The molecule has 2 aromatic carbocycles. The lowest BCUT2D eigenvalue weighted by molar-refractivity contribution is -0.118. The number of amides is 3. The molecule has 0 aliphatic carbocycles. The van der Waals surface area contributed by atoms with Gasteiger partial charge < -0.3 is 15.5 Å². The van der Waals surface area contributed by atoms with E-state index in [-0.39, 0.29) is 11.9 Å². The fourth-order valence-electron chi connectivity index (χ4n) is 3.92. The van der Waals surface area contributed by atoms with Crippen LogP contribution in [0.4, 0.5) is 10.5 Å². The quantitative estimate of drug-likeness (QED) is 0.742. The number of piperidine rings is 1. The molecule has 0 aromatic heterocycles. The first-order valence-electron chi connectivity index (χ1n) is 10.9. The third-order valence-electron chi connectivity index (χ3n) is 5.99. The molecule has 160 valence electrons. The second-order valence-corrected chi connectivity index (χ2v) is 8.41. The minimum atomic E-state index is 0.000210. The van der Waals surface area contributed by atoms with E-state index in [1.54, 1.807) is 6.92 Å². The lowest BCUT2D eigenvalue weighted by Gasteiger charge is -2.32. The molecule has 30 heavy (non-hydrogen) atoms. The summed E-state index contributed by atoms with van der Waals surface area (Å²) in [5.41, 5.74) is 5.87. The van der Waals surface area contributed by atoms with Crippen LogP contribution in [0.3, 0.4) is 0 Å². The fraction of sp³-hybridized carbons (Fsp3) is 0.440. The molecule has 1 heterocycles. The van der Waals surface area contributed by atoms with Gasteiger partial charge in [0.15, 0.2) is 0 Å². The summed E-state index contributed by atoms with van der Waals surface area (Å²) < 4.78 is 0. The summed E-state index contributed by atoms with van der Waals surface area (Å²) in [6.45, 7) is 7.96. The highest BCUT2D eigenvalue weighted by Gasteiger charge is 2.23. The van der Waals surface area contributed by atoms with E-state index in [1.807, 2.05) is 23.1 Å². The van der Waals surface area contributed by atoms with E-state index < -0.39 is 0 Å². The highest BCUT2D eigenvalue weighted by molar-refractivity contribution is 5.89. The molecule has 2 N–H and O–H groups in total. The van der Waals surface area contributed by atoms with Crippen LogP contribution in [0.2, 0.25) is 0 Å². The van der Waals surface area contributed by atoms with Crippen molar-refractivity contribution >= 4 is 17.6 Å². The fourth-order valence-corrected chi connectivity index (χ4v) is 3.92. The lowest BCUT2D eigenvalue weighted by Crippen LogP contribution is -2.41. The first kappa shape index (κ1) is 21.9. The number of benzene rings is 2. The van der Waals surface area contributed by atoms with E-state index in [1.165, 1.54) is 22.3 Å². The standard InChI is InChI=1S/C25H33N3O2/c1-18-4-9-24(16-19(18)2)27-25(30)28-14-11-23(12-15-28)17-22-7-5-21(6-8-22)10-13-26-20(3)29/h4-9,16,23H,10-15,17H2,1-3H3,(H,26,29)(H,27,30). The summed E-state index contributed by atoms with van der Waals surface area (Å²) in [4.78, 5) is 25.5. The predicted molar refractivity (Wildman–Crippen MR) is 122 cm³/mol. The van der Waals surface area contributed by atoms with Gasteiger partial charge in [0.2, 0.25) is 5.91 Å². The van der Waals surface area contributed by atoms with Crippen LogP contribution in [0.25, 0.3) is 0 Å². The van der Waals surface area contributed by atoms with Gasteiger partial charge in [0, 0.05) is 32.2 Å². The van der Waals surface area contributed by atoms with Crippen molar-refractivity contribution in [3.63, 3.8) is 0 Å². The van der Waals surface area contributed by atoms with Crippen LogP contribution < -0.4 is 10.6 Å². The maximum absolute atomic E-state index is 12.6. The predicted octanol–water partition coefficient (Wildman–Crippen LogP) is 4.47. The molecule has 3 rings (SSSR count). The second kappa shape index (κ2) is 10.3.